The Bertz CT molecular complexity index is 25.1. The Morgan fingerprint density at radius 1 is 1.67 bits per heavy atom. The SMILES string of the molecule is CCCC(C)[ClH+]. The molecule has 0 nitrogen and oxygen atoms in total. The first kappa shape index (κ1) is 6.29. The van der Waals surface area contributed by atoms with Gasteiger partial charge in [0.1, 0.15) is 11.6 Å². The molecule has 0 aromatic carbocycles. The summed E-state index contributed by atoms with van der Waals surface area (Å²) in [5.41, 5.74) is 0. The Labute approximate surface area is 44.5 Å². The highest BCUT2D eigenvalue weighted by Crippen LogP contribution is 1.93. The molecule has 0 amide bonds. The van der Waals surface area contributed by atoms with Gasteiger partial charge in [0.25, 0.3) is 0 Å². The minimum absolute atomic E-state index is 0.481. The van der Waals surface area contributed by atoms with E-state index in [1.165, 1.54) is 12.8 Å². The lowest BCUT2D eigenvalue weighted by Crippen LogP contribution is -1.91. The zero-order valence-corrected chi connectivity index (χ0v) is 5.22. The molecule has 0 aliphatic rings. The molecule has 0 saturated heterocycles. The van der Waals surface area contributed by atoms with Gasteiger partial charge in [-0.15, -0.1) is 0 Å². The fourth-order valence-electron chi connectivity index (χ4n) is 0.407. The van der Waals surface area contributed by atoms with Crippen molar-refractivity contribution in [1.29, 1.82) is 0 Å². The number of halogens is 1. The minimum atomic E-state index is 0.481. The molecule has 6 heavy (non-hydrogen) atoms. The summed E-state index contributed by atoms with van der Waals surface area (Å²) in [5.74, 6) is 0. The molecule has 0 aliphatic heterocycles. The Morgan fingerprint density at radius 2 is 2.17 bits per heavy atom. The number of rotatable bonds is 2. The van der Waals surface area contributed by atoms with Crippen LogP contribution in [0.25, 0.3) is 0 Å². The highest BCUT2D eigenvalue weighted by molar-refractivity contribution is 4.38. The van der Waals surface area contributed by atoms with Crippen LogP contribution in [0.15, 0.2) is 0 Å². The maximum absolute atomic E-state index is 4.88. The molecule has 0 heterocycles. The summed E-state index contributed by atoms with van der Waals surface area (Å²) in [4.78, 5) is 0. The topological polar surface area (TPSA) is 0 Å². The van der Waals surface area contributed by atoms with Gasteiger partial charge in [0.2, 0.25) is 0 Å². The Morgan fingerprint density at radius 3 is 2.17 bits per heavy atom. The van der Waals surface area contributed by atoms with Crippen molar-refractivity contribution in [2.24, 2.45) is 0 Å². The molecule has 1 unspecified atom stereocenters. The molecule has 0 rings (SSSR count). The molecule has 0 spiro atoms. The quantitative estimate of drug-likeness (QED) is 0.469. The van der Waals surface area contributed by atoms with Crippen LogP contribution in [0.4, 0.5) is 0 Å². The van der Waals surface area contributed by atoms with Crippen molar-refractivity contribution >= 4 is 0 Å². The van der Waals surface area contributed by atoms with Crippen LogP contribution in [0.5, 0.6) is 0 Å². The van der Waals surface area contributed by atoms with Crippen molar-refractivity contribution in [3.8, 4) is 0 Å². The normalized spacial score (nSPS) is 14.5. The minimum Gasteiger partial charge on any atom is -0.0652 e. The summed E-state index contributed by atoms with van der Waals surface area (Å²) < 4.78 is 0. The maximum Gasteiger partial charge on any atom is 0.176 e. The first-order valence-corrected chi connectivity index (χ1v) is 2.90. The van der Waals surface area contributed by atoms with E-state index < -0.39 is 0 Å². The summed E-state index contributed by atoms with van der Waals surface area (Å²) in [6.45, 7) is 4.22. The van der Waals surface area contributed by atoms with Crippen molar-refractivity contribution in [3.05, 3.63) is 0 Å². The van der Waals surface area contributed by atoms with Gasteiger partial charge in [0, 0.05) is 6.42 Å². The van der Waals surface area contributed by atoms with E-state index >= 15 is 0 Å². The second-order valence-corrected chi connectivity index (χ2v) is 2.40. The number of alkyl halides is 1. The fourth-order valence-corrected chi connectivity index (χ4v) is 0.642. The van der Waals surface area contributed by atoms with E-state index in [1.807, 2.05) is 0 Å². The molecule has 0 saturated carbocycles. The van der Waals surface area contributed by atoms with Crippen LogP contribution in [0.1, 0.15) is 26.7 Å². The predicted octanol–water partition coefficient (Wildman–Crippen LogP) is 1.46. The third-order valence-corrected chi connectivity index (χ3v) is 0.931. The Kier molecular flexibility index (Phi) is 3.65. The molecule has 0 bridgehead atoms. The van der Waals surface area contributed by atoms with Crippen LogP contribution < -0.4 is 0 Å². The summed E-state index contributed by atoms with van der Waals surface area (Å²) in [5, 5.41) is 0.481. The van der Waals surface area contributed by atoms with Gasteiger partial charge in [-0.3, -0.25) is 0 Å². The van der Waals surface area contributed by atoms with Gasteiger partial charge < -0.3 is 0 Å². The zero-order valence-electron chi connectivity index (χ0n) is 4.40. The molecule has 1 heteroatoms. The Hall–Kier alpha value is 0.290. The van der Waals surface area contributed by atoms with E-state index in [4.69, 9.17) is 11.6 Å². The summed E-state index contributed by atoms with van der Waals surface area (Å²) in [7, 11) is 0. The summed E-state index contributed by atoms with van der Waals surface area (Å²) >= 11 is 4.88. The molecule has 0 radical (unpaired) electrons. The van der Waals surface area contributed by atoms with Crippen molar-refractivity contribution in [3.63, 3.8) is 0 Å². The first-order chi connectivity index (χ1) is 2.77. The van der Waals surface area contributed by atoms with Gasteiger partial charge in [-0.2, -0.15) is 0 Å². The van der Waals surface area contributed by atoms with Gasteiger partial charge in [0.05, 0.1) is 0 Å². The highest BCUT2D eigenvalue weighted by atomic mass is 35.5. The van der Waals surface area contributed by atoms with Crippen LogP contribution in [0.2, 0.25) is 0 Å². The van der Waals surface area contributed by atoms with Gasteiger partial charge in [0.15, 0.2) is 5.38 Å². The Balaban J connectivity index is 2.63. The van der Waals surface area contributed by atoms with Gasteiger partial charge in [-0.25, -0.2) is 0 Å². The van der Waals surface area contributed by atoms with Crippen LogP contribution in [0, 0.1) is 11.6 Å². The molecule has 0 aliphatic carbocycles. The van der Waals surface area contributed by atoms with E-state index in [-0.39, 0.29) is 0 Å². The monoisotopic (exact) mass is 107 g/mol. The molecular formula is C5H12Cl+. The molecule has 0 aromatic rings. The van der Waals surface area contributed by atoms with E-state index in [2.05, 4.69) is 13.8 Å². The zero-order chi connectivity index (χ0) is 4.99. The number of hydrogen-bond acceptors (Lipinski definition) is 0. The number of hydrogen-bond donors (Lipinski definition) is 0. The third kappa shape index (κ3) is 4.29. The van der Waals surface area contributed by atoms with E-state index in [0.717, 1.165) is 0 Å². The van der Waals surface area contributed by atoms with Crippen molar-refractivity contribution < 1.29 is 11.6 Å². The van der Waals surface area contributed by atoms with E-state index in [0.29, 0.717) is 5.38 Å². The lowest BCUT2D eigenvalue weighted by atomic mass is 10.3. The summed E-state index contributed by atoms with van der Waals surface area (Å²) in [6.07, 6.45) is 2.42. The smallest absolute Gasteiger partial charge is 0.0652 e. The average molecular weight is 108 g/mol. The van der Waals surface area contributed by atoms with Crippen LogP contribution in [-0.2, 0) is 0 Å². The van der Waals surface area contributed by atoms with Gasteiger partial charge in [-0.05, 0) is 6.92 Å². The molecule has 0 fully saturated rings. The third-order valence-electron chi connectivity index (χ3n) is 0.695. The van der Waals surface area contributed by atoms with Crippen LogP contribution >= 0.6 is 0 Å². The second kappa shape index (κ2) is 3.48. The molecule has 0 N–H and O–H groups in total. The van der Waals surface area contributed by atoms with Gasteiger partial charge in [-0.1, -0.05) is 13.3 Å². The van der Waals surface area contributed by atoms with E-state index in [9.17, 15) is 0 Å². The molecular weight excluding hydrogens is 95.5 g/mol. The molecule has 0 aromatic heterocycles. The van der Waals surface area contributed by atoms with Crippen molar-refractivity contribution in [2.75, 3.05) is 0 Å². The lowest BCUT2D eigenvalue weighted by Gasteiger charge is -1.84. The van der Waals surface area contributed by atoms with Crippen molar-refractivity contribution in [2.45, 2.75) is 32.1 Å². The van der Waals surface area contributed by atoms with Crippen LogP contribution in [-0.4, -0.2) is 5.38 Å². The van der Waals surface area contributed by atoms with Crippen LogP contribution in [0.3, 0.4) is 0 Å². The highest BCUT2D eigenvalue weighted by Gasteiger charge is 1.98. The average Bonchev–Trinajstić information content (AvgIpc) is 1.35. The lowest BCUT2D eigenvalue weighted by molar-refractivity contribution is -0.415. The standard InChI is InChI=1S/C5H12Cl/c1-3-4-5(2)6/h5-6H,3-4H2,1-2H3/q+1. The van der Waals surface area contributed by atoms with Crippen molar-refractivity contribution in [1.82, 2.24) is 0 Å². The maximum atomic E-state index is 4.88. The van der Waals surface area contributed by atoms with Gasteiger partial charge >= 0.3 is 0 Å². The predicted molar refractivity (Wildman–Crippen MR) is 25.8 cm³/mol. The second-order valence-electron chi connectivity index (χ2n) is 1.60. The molecule has 1 atom stereocenters. The fraction of sp³-hybridized carbons (Fsp3) is 1.00. The summed E-state index contributed by atoms with van der Waals surface area (Å²) in [6, 6.07) is 0. The largest absolute Gasteiger partial charge is 0.176 e. The first-order valence-electron chi connectivity index (χ1n) is 2.43. The molecule has 38 valence electrons. The van der Waals surface area contributed by atoms with E-state index in [1.54, 1.807) is 0 Å².